The summed E-state index contributed by atoms with van der Waals surface area (Å²) in [5.74, 6) is 0.524. The Bertz CT molecular complexity index is 374. The third kappa shape index (κ3) is 3.09. The zero-order valence-electron chi connectivity index (χ0n) is 9.24. The number of thioether (sulfide) groups is 1. The van der Waals surface area contributed by atoms with Crippen LogP contribution in [0, 0.1) is 5.92 Å². The molecule has 1 unspecified atom stereocenters. The third-order valence-electron chi connectivity index (χ3n) is 2.55. The third-order valence-corrected chi connectivity index (χ3v) is 4.57. The van der Waals surface area contributed by atoms with Gasteiger partial charge < -0.3 is 0 Å². The van der Waals surface area contributed by atoms with Gasteiger partial charge in [-0.05, 0) is 18.6 Å². The zero-order valence-corrected chi connectivity index (χ0v) is 10.9. The highest BCUT2D eigenvalue weighted by atomic mass is 32.2. The molecular formula is C13H15NS2. The van der Waals surface area contributed by atoms with E-state index >= 15 is 0 Å². The first kappa shape index (κ1) is 11.7. The molecule has 0 aliphatic heterocycles. The molecule has 84 valence electrons. The van der Waals surface area contributed by atoms with Gasteiger partial charge in [-0.25, -0.2) is 4.98 Å². The summed E-state index contributed by atoms with van der Waals surface area (Å²) < 4.78 is 0. The summed E-state index contributed by atoms with van der Waals surface area (Å²) in [4.78, 5) is 4.41. The molecule has 1 aliphatic carbocycles. The number of nitrogens with zero attached hydrogens (tertiary/aromatic N) is 1. The molecule has 0 N–H and O–H groups in total. The van der Waals surface area contributed by atoms with Crippen LogP contribution in [0.5, 0.6) is 0 Å². The lowest BCUT2D eigenvalue weighted by atomic mass is 10.0. The van der Waals surface area contributed by atoms with E-state index in [9.17, 15) is 0 Å². The first-order valence-corrected chi connectivity index (χ1v) is 7.50. The molecule has 1 aliphatic rings. The average molecular weight is 249 g/mol. The van der Waals surface area contributed by atoms with Gasteiger partial charge in [0.1, 0.15) is 5.01 Å². The van der Waals surface area contributed by atoms with E-state index in [2.05, 4.69) is 53.1 Å². The molecule has 0 spiro atoms. The fourth-order valence-electron chi connectivity index (χ4n) is 1.70. The van der Waals surface area contributed by atoms with Crippen LogP contribution in [0.1, 0.15) is 16.7 Å². The Kier molecular flexibility index (Phi) is 4.43. The van der Waals surface area contributed by atoms with Crippen molar-refractivity contribution >= 4 is 23.1 Å². The largest absolute Gasteiger partial charge is 0.249 e. The Balaban J connectivity index is 2.02. The van der Waals surface area contributed by atoms with Crippen LogP contribution >= 0.6 is 23.1 Å². The van der Waals surface area contributed by atoms with E-state index in [1.54, 1.807) is 11.3 Å². The van der Waals surface area contributed by atoms with Crippen molar-refractivity contribution in [3.63, 3.8) is 0 Å². The number of aromatic nitrogens is 1. The normalized spacial score (nSPS) is 17.6. The van der Waals surface area contributed by atoms with Gasteiger partial charge in [-0.15, -0.1) is 11.3 Å². The second-order valence-corrected chi connectivity index (χ2v) is 5.62. The molecule has 0 saturated heterocycles. The maximum atomic E-state index is 4.41. The number of rotatable bonds is 4. The molecule has 2 rings (SSSR count). The molecule has 1 aromatic rings. The summed E-state index contributed by atoms with van der Waals surface area (Å²) in [6.07, 6.45) is 18.1. The Morgan fingerprint density at radius 1 is 1.31 bits per heavy atom. The minimum Gasteiger partial charge on any atom is -0.249 e. The number of allylic oxidation sites excluding steroid dienone is 6. The van der Waals surface area contributed by atoms with Crippen LogP contribution in [0.4, 0.5) is 0 Å². The molecule has 1 nitrogen and oxygen atoms in total. The van der Waals surface area contributed by atoms with Crippen LogP contribution in [0.3, 0.4) is 0 Å². The lowest BCUT2D eigenvalue weighted by molar-refractivity contribution is 0.694. The van der Waals surface area contributed by atoms with Crippen molar-refractivity contribution in [2.45, 2.75) is 11.7 Å². The fourth-order valence-corrected chi connectivity index (χ4v) is 3.47. The SMILES string of the molecule is CSC(CC1C=CC=CC=C1)c1nccs1. The second kappa shape index (κ2) is 6.06. The van der Waals surface area contributed by atoms with Crippen molar-refractivity contribution < 1.29 is 0 Å². The summed E-state index contributed by atoms with van der Waals surface area (Å²) >= 11 is 3.64. The first-order chi connectivity index (χ1) is 7.90. The molecule has 1 aromatic heterocycles. The van der Waals surface area contributed by atoms with Gasteiger partial charge in [0.25, 0.3) is 0 Å². The quantitative estimate of drug-likeness (QED) is 0.792. The van der Waals surface area contributed by atoms with Crippen molar-refractivity contribution in [1.29, 1.82) is 0 Å². The number of hydrogen-bond acceptors (Lipinski definition) is 3. The minimum atomic E-state index is 0.511. The number of hydrogen-bond donors (Lipinski definition) is 0. The maximum absolute atomic E-state index is 4.41. The molecule has 0 fully saturated rings. The summed E-state index contributed by atoms with van der Waals surface area (Å²) in [5.41, 5.74) is 0. The molecule has 3 heteroatoms. The van der Waals surface area contributed by atoms with Crippen LogP contribution in [-0.4, -0.2) is 11.2 Å². The van der Waals surface area contributed by atoms with Crippen molar-refractivity contribution in [3.05, 3.63) is 53.0 Å². The van der Waals surface area contributed by atoms with Crippen molar-refractivity contribution in [1.82, 2.24) is 4.98 Å². The molecule has 1 atom stereocenters. The van der Waals surface area contributed by atoms with E-state index < -0.39 is 0 Å². The molecule has 0 bridgehead atoms. The van der Waals surface area contributed by atoms with Gasteiger partial charge in [-0.1, -0.05) is 36.5 Å². The highest BCUT2D eigenvalue weighted by Crippen LogP contribution is 2.35. The predicted octanol–water partition coefficient (Wildman–Crippen LogP) is 4.24. The zero-order chi connectivity index (χ0) is 11.2. The van der Waals surface area contributed by atoms with Crippen molar-refractivity contribution in [2.24, 2.45) is 5.92 Å². The highest BCUT2D eigenvalue weighted by molar-refractivity contribution is 7.98. The molecule has 0 amide bonds. The van der Waals surface area contributed by atoms with Gasteiger partial charge in [0.05, 0.1) is 5.25 Å². The van der Waals surface area contributed by atoms with Crippen molar-refractivity contribution in [2.75, 3.05) is 6.26 Å². The Morgan fingerprint density at radius 3 is 2.62 bits per heavy atom. The van der Waals surface area contributed by atoms with Gasteiger partial charge in [0.2, 0.25) is 0 Å². The van der Waals surface area contributed by atoms with Crippen LogP contribution in [0.15, 0.2) is 48.0 Å². The predicted molar refractivity (Wildman–Crippen MR) is 73.9 cm³/mol. The Labute approximate surface area is 105 Å². The van der Waals surface area contributed by atoms with Crippen LogP contribution < -0.4 is 0 Å². The van der Waals surface area contributed by atoms with E-state index in [4.69, 9.17) is 0 Å². The highest BCUT2D eigenvalue weighted by Gasteiger charge is 2.16. The molecule has 0 radical (unpaired) electrons. The summed E-state index contributed by atoms with van der Waals surface area (Å²) in [7, 11) is 0. The molecule has 16 heavy (non-hydrogen) atoms. The second-order valence-electron chi connectivity index (χ2n) is 3.65. The monoisotopic (exact) mass is 249 g/mol. The molecular weight excluding hydrogens is 234 g/mol. The van der Waals surface area contributed by atoms with Gasteiger partial charge in [0, 0.05) is 11.6 Å². The van der Waals surface area contributed by atoms with E-state index in [-0.39, 0.29) is 0 Å². The molecule has 0 saturated carbocycles. The topological polar surface area (TPSA) is 12.9 Å². The molecule has 1 heterocycles. The van der Waals surface area contributed by atoms with Gasteiger partial charge in [-0.2, -0.15) is 11.8 Å². The van der Waals surface area contributed by atoms with E-state index in [1.165, 1.54) is 5.01 Å². The van der Waals surface area contributed by atoms with E-state index in [1.807, 2.05) is 18.0 Å². The fraction of sp³-hybridized carbons (Fsp3) is 0.308. The van der Waals surface area contributed by atoms with Crippen LogP contribution in [0.25, 0.3) is 0 Å². The van der Waals surface area contributed by atoms with Gasteiger partial charge in [-0.3, -0.25) is 0 Å². The first-order valence-electron chi connectivity index (χ1n) is 5.34. The van der Waals surface area contributed by atoms with Crippen LogP contribution in [-0.2, 0) is 0 Å². The lowest BCUT2D eigenvalue weighted by Crippen LogP contribution is -2.00. The van der Waals surface area contributed by atoms with Crippen LogP contribution in [0.2, 0.25) is 0 Å². The number of thiazole rings is 1. The summed E-state index contributed by atoms with van der Waals surface area (Å²) in [6.45, 7) is 0. The summed E-state index contributed by atoms with van der Waals surface area (Å²) in [6, 6.07) is 0. The van der Waals surface area contributed by atoms with Gasteiger partial charge in [0.15, 0.2) is 0 Å². The van der Waals surface area contributed by atoms with Gasteiger partial charge >= 0.3 is 0 Å². The average Bonchev–Trinajstić information content (AvgIpc) is 2.71. The smallest absolute Gasteiger partial charge is 0.106 e. The van der Waals surface area contributed by atoms with Crippen molar-refractivity contribution in [3.8, 4) is 0 Å². The maximum Gasteiger partial charge on any atom is 0.106 e. The standard InChI is InChI=1S/C13H15NS2/c1-15-12(13-14-8-9-16-13)10-11-6-4-2-3-5-7-11/h2-9,11-12H,10H2,1H3. The summed E-state index contributed by atoms with van der Waals surface area (Å²) in [5, 5.41) is 3.81. The van der Waals surface area contributed by atoms with E-state index in [0.29, 0.717) is 11.2 Å². The Morgan fingerprint density at radius 2 is 2.06 bits per heavy atom. The lowest BCUT2D eigenvalue weighted by Gasteiger charge is -2.15. The Hall–Kier alpha value is -0.800. The van der Waals surface area contributed by atoms with E-state index in [0.717, 1.165) is 6.42 Å². The molecule has 0 aromatic carbocycles. The minimum absolute atomic E-state index is 0.511.